The number of ether oxygens (including phenoxy) is 1. The fraction of sp³-hybridized carbons (Fsp3) is 0.182. The molecule has 374 valence electrons. The molecule has 8 heteroatoms. The van der Waals surface area contributed by atoms with Crippen molar-refractivity contribution in [3.8, 4) is 50.7 Å². The molecule has 0 saturated carbocycles. The summed E-state index contributed by atoms with van der Waals surface area (Å²) in [6.07, 6.45) is 1.88. The molecule has 8 aromatic carbocycles. The maximum Gasteiger partial charge on any atom is 0.135 e. The van der Waals surface area contributed by atoms with Crippen molar-refractivity contribution >= 4 is 44.6 Å². The molecule has 1 aliphatic heterocycles. The van der Waals surface area contributed by atoms with E-state index in [0.717, 1.165) is 89.3 Å². The van der Waals surface area contributed by atoms with E-state index in [-0.39, 0.29) is 48.9 Å². The Morgan fingerprint density at radius 2 is 1.05 bits per heavy atom. The number of aromatic nitrogens is 2. The van der Waals surface area contributed by atoms with Gasteiger partial charge in [-0.3, -0.25) is 0 Å². The number of para-hydroxylation sites is 3. The zero-order valence-electron chi connectivity index (χ0n) is 43.1. The van der Waals surface area contributed by atoms with E-state index in [1.807, 2.05) is 54.7 Å². The second-order valence-electron chi connectivity index (χ2n) is 22.2. The minimum absolute atomic E-state index is 0. The molecule has 5 nitrogen and oxygen atoms in total. The Kier molecular flexibility index (Phi) is 13.0. The van der Waals surface area contributed by atoms with E-state index < -0.39 is 0 Å². The van der Waals surface area contributed by atoms with Gasteiger partial charge in [0.2, 0.25) is 0 Å². The summed E-state index contributed by atoms with van der Waals surface area (Å²) in [7, 11) is 0. The van der Waals surface area contributed by atoms with Crippen LogP contribution in [0.2, 0.25) is 0 Å². The molecule has 0 saturated heterocycles. The third kappa shape index (κ3) is 9.55. The first-order valence-electron chi connectivity index (χ1n) is 24.9. The van der Waals surface area contributed by atoms with Crippen LogP contribution in [0.5, 0.6) is 11.5 Å². The molecule has 0 fully saturated rings. The van der Waals surface area contributed by atoms with Crippen LogP contribution in [0.4, 0.5) is 31.5 Å². The van der Waals surface area contributed by atoms with Crippen LogP contribution in [0.1, 0.15) is 79.0 Å². The Morgan fingerprint density at radius 3 is 1.66 bits per heavy atom. The van der Waals surface area contributed by atoms with Crippen molar-refractivity contribution in [3.63, 3.8) is 0 Å². The van der Waals surface area contributed by atoms with Crippen LogP contribution in [-0.4, -0.2) is 9.55 Å². The van der Waals surface area contributed by atoms with E-state index in [1.54, 1.807) is 0 Å². The van der Waals surface area contributed by atoms with Gasteiger partial charge in [0.25, 0.3) is 0 Å². The Balaban J connectivity index is 0.00000626. The van der Waals surface area contributed by atoms with Crippen LogP contribution in [0.3, 0.4) is 0 Å². The number of hydrogen-bond acceptors (Lipinski definition) is 4. The monoisotopic (exact) mass is 1150 g/mol. The smallest absolute Gasteiger partial charge is 0.135 e. The summed E-state index contributed by atoms with van der Waals surface area (Å²) in [5.41, 5.74) is 14.0. The van der Waals surface area contributed by atoms with Gasteiger partial charge in [0.15, 0.2) is 0 Å². The van der Waals surface area contributed by atoms with E-state index in [1.165, 1.54) is 35.4 Å². The van der Waals surface area contributed by atoms with Crippen molar-refractivity contribution < 1.29 is 34.6 Å². The molecular weight excluding hydrogens is 1100 g/mol. The summed E-state index contributed by atoms with van der Waals surface area (Å²) in [5, 5.41) is 2.14. The third-order valence-electron chi connectivity index (χ3n) is 14.0. The fourth-order valence-electron chi connectivity index (χ4n) is 9.85. The molecule has 10 aromatic rings. The van der Waals surface area contributed by atoms with Crippen molar-refractivity contribution in [1.82, 2.24) is 9.55 Å². The Bertz CT molecular complexity index is 3640. The third-order valence-corrected chi connectivity index (χ3v) is 14.0. The van der Waals surface area contributed by atoms with Gasteiger partial charge < -0.3 is 19.1 Å². The van der Waals surface area contributed by atoms with Gasteiger partial charge in [0.1, 0.15) is 17.5 Å². The zero-order chi connectivity index (χ0) is 51.0. The predicted molar refractivity (Wildman–Crippen MR) is 297 cm³/mol. The molecule has 0 bridgehead atoms. The summed E-state index contributed by atoms with van der Waals surface area (Å²) in [5.74, 6) is 1.23. The average Bonchev–Trinajstić information content (AvgIpc) is 3.92. The quantitative estimate of drug-likeness (QED) is 0.142. The van der Waals surface area contributed by atoms with Crippen LogP contribution >= 0.6 is 0 Å². The fourth-order valence-corrected chi connectivity index (χ4v) is 9.85. The van der Waals surface area contributed by atoms with Crippen LogP contribution in [-0.2, 0) is 37.3 Å². The molecule has 1 aliphatic rings. The summed E-state index contributed by atoms with van der Waals surface area (Å²) in [6.45, 7) is 21.9. The second kappa shape index (κ2) is 19.2. The number of pyridine rings is 1. The largest absolute Gasteiger partial charge is 0.509 e. The molecule has 0 aliphatic carbocycles. The van der Waals surface area contributed by atoms with Gasteiger partial charge in [-0.1, -0.05) is 147 Å². The van der Waals surface area contributed by atoms with Crippen LogP contribution < -0.4 is 14.5 Å². The van der Waals surface area contributed by atoms with Crippen LogP contribution in [0.25, 0.3) is 61.0 Å². The minimum atomic E-state index is -0.315. The van der Waals surface area contributed by atoms with Gasteiger partial charge in [-0.15, -0.1) is 53.6 Å². The summed E-state index contributed by atoms with van der Waals surface area (Å²) in [4.78, 5) is 9.24. The first kappa shape index (κ1) is 50.2. The minimum Gasteiger partial charge on any atom is -0.509 e. The zero-order valence-corrected chi connectivity index (χ0v) is 45.4. The number of hydrogen-bond donors (Lipinski definition) is 0. The van der Waals surface area contributed by atoms with Gasteiger partial charge in [-0.2, -0.15) is 6.07 Å². The Labute approximate surface area is 448 Å². The van der Waals surface area contributed by atoms with E-state index in [9.17, 15) is 8.78 Å². The Hall–Kier alpha value is -7.34. The second-order valence-corrected chi connectivity index (χ2v) is 22.2. The first-order valence-corrected chi connectivity index (χ1v) is 24.9. The molecule has 11 rings (SSSR count). The molecule has 3 heterocycles. The molecule has 2 aromatic heterocycles. The van der Waals surface area contributed by atoms with Gasteiger partial charge >= 0.3 is 0 Å². The van der Waals surface area contributed by atoms with Crippen molar-refractivity contribution in [1.29, 1.82) is 0 Å². The van der Waals surface area contributed by atoms with Gasteiger partial charge in [-0.05, 0) is 122 Å². The molecule has 0 amide bonds. The van der Waals surface area contributed by atoms with Gasteiger partial charge in [0, 0.05) is 72.5 Å². The van der Waals surface area contributed by atoms with Gasteiger partial charge in [-0.25, -0.2) is 13.8 Å². The maximum atomic E-state index is 14.7. The van der Waals surface area contributed by atoms with Crippen LogP contribution in [0.15, 0.2) is 176 Å². The van der Waals surface area contributed by atoms with Crippen molar-refractivity contribution in [2.45, 2.75) is 78.6 Å². The number of anilines is 4. The molecule has 74 heavy (non-hydrogen) atoms. The number of halogens is 2. The summed E-state index contributed by atoms with van der Waals surface area (Å²) in [6, 6.07) is 63.0. The van der Waals surface area contributed by atoms with E-state index >= 15 is 0 Å². The van der Waals surface area contributed by atoms with E-state index in [4.69, 9.17) is 9.72 Å². The standard InChI is InChI=1S/C66H57F2N4O.Pt/c1-64(2,3)46-24-18-42(19-25-46)45-34-51(39-53(35-45)73-52-30-31-55-54-14-10-11-15-58(54)72(61(55)40-52)62-38-47(32-33-69-62)65(4,5)6)70-41-71(60-17-13-12-16-59(60)70)63-56(43-20-26-49(67)27-21-43)36-48(66(7,8)9)37-57(63)44-22-28-50(68)29-23-44;/h10-38,41H,1-9H3;/q-3;. The number of benzene rings is 8. The summed E-state index contributed by atoms with van der Waals surface area (Å²) >= 11 is 0. The number of fused-ring (bicyclic) bond motifs is 4. The van der Waals surface area contributed by atoms with Crippen molar-refractivity contribution in [2.75, 3.05) is 9.80 Å². The molecule has 0 radical (unpaired) electrons. The predicted octanol–water partition coefficient (Wildman–Crippen LogP) is 18.1. The average molecular weight is 1160 g/mol. The molecule has 0 spiro atoms. The molecule has 0 unspecified atom stereocenters. The van der Waals surface area contributed by atoms with Gasteiger partial charge in [0.05, 0.1) is 0 Å². The molecular formula is C66H57F2N4OPt-3. The number of rotatable bonds is 8. The first-order chi connectivity index (χ1) is 34.9. The topological polar surface area (TPSA) is 33.5 Å². The van der Waals surface area contributed by atoms with Crippen molar-refractivity contribution in [3.05, 3.63) is 223 Å². The molecule has 0 N–H and O–H groups in total. The maximum absolute atomic E-state index is 14.7. The normalized spacial score (nSPS) is 12.9. The Morgan fingerprint density at radius 1 is 0.486 bits per heavy atom. The van der Waals surface area contributed by atoms with E-state index in [2.05, 4.69) is 193 Å². The summed E-state index contributed by atoms with van der Waals surface area (Å²) < 4.78 is 38.4. The number of nitrogens with zero attached hydrogens (tertiary/aromatic N) is 4. The van der Waals surface area contributed by atoms with Crippen LogP contribution in [0, 0.1) is 30.4 Å². The SMILES string of the molecule is CC(C)(C)c1ccc(-c2cc(Oc3[c-]c4c(cc3)c3ccccc3n4-c3cc(C(C)(C)C)ccn3)[c-]c(N3[CH-]N(c4c(-c5ccc(F)cc5)cc(C(C)(C)C)cc4-c4ccc(F)cc4)c4ccccc43)c2)cc1.[Pt]. The van der Waals surface area contributed by atoms with Crippen molar-refractivity contribution in [2.24, 2.45) is 0 Å². The molecule has 0 atom stereocenters. The van der Waals surface area contributed by atoms with E-state index in [0.29, 0.717) is 11.5 Å².